The van der Waals surface area contributed by atoms with Crippen LogP contribution in [-0.2, 0) is 0 Å². The molecule has 0 saturated heterocycles. The molecule has 1 aromatic carbocycles. The van der Waals surface area contributed by atoms with Crippen LogP contribution in [0.2, 0.25) is 0 Å². The molecule has 0 radical (unpaired) electrons. The molecule has 1 aliphatic carbocycles. The Kier molecular flexibility index (Phi) is 4.11. The summed E-state index contributed by atoms with van der Waals surface area (Å²) >= 11 is 0. The quantitative estimate of drug-likeness (QED) is 0.579. The maximum atomic E-state index is 11.9. The van der Waals surface area contributed by atoms with E-state index < -0.39 is 0 Å². The maximum Gasteiger partial charge on any atom is 0.165 e. The first-order valence-electron chi connectivity index (χ1n) is 6.53. The lowest BCUT2D eigenvalue weighted by molar-refractivity contribution is 0.101. The molecule has 0 heterocycles. The van der Waals surface area contributed by atoms with E-state index in [1.807, 2.05) is 18.2 Å². The SMILES string of the molecule is C#CCN(CC1CC1)c1cccc(OC)c1C(C)=O. The second kappa shape index (κ2) is 5.79. The topological polar surface area (TPSA) is 29.5 Å². The van der Waals surface area contributed by atoms with Gasteiger partial charge in [0.1, 0.15) is 5.75 Å². The smallest absolute Gasteiger partial charge is 0.165 e. The average Bonchev–Trinajstić information content (AvgIpc) is 3.21. The lowest BCUT2D eigenvalue weighted by Gasteiger charge is -2.25. The lowest BCUT2D eigenvalue weighted by atomic mass is 10.1. The normalized spacial score (nSPS) is 13.7. The Bertz CT molecular complexity index is 512. The fourth-order valence-electron chi connectivity index (χ4n) is 2.28. The van der Waals surface area contributed by atoms with E-state index in [4.69, 9.17) is 11.2 Å². The second-order valence-electron chi connectivity index (χ2n) is 4.94. The van der Waals surface area contributed by atoms with Crippen LogP contribution >= 0.6 is 0 Å². The zero-order chi connectivity index (χ0) is 13.8. The number of ether oxygens (including phenoxy) is 1. The van der Waals surface area contributed by atoms with Crippen molar-refractivity contribution < 1.29 is 9.53 Å². The molecule has 1 aliphatic rings. The van der Waals surface area contributed by atoms with Gasteiger partial charge in [0.25, 0.3) is 0 Å². The highest BCUT2D eigenvalue weighted by Gasteiger charge is 2.26. The summed E-state index contributed by atoms with van der Waals surface area (Å²) < 4.78 is 5.30. The highest BCUT2D eigenvalue weighted by molar-refractivity contribution is 6.02. The molecule has 0 aliphatic heterocycles. The van der Waals surface area contributed by atoms with Crippen molar-refractivity contribution in [2.45, 2.75) is 19.8 Å². The van der Waals surface area contributed by atoms with Gasteiger partial charge in [-0.1, -0.05) is 12.0 Å². The van der Waals surface area contributed by atoms with Gasteiger partial charge in [0, 0.05) is 6.54 Å². The Morgan fingerprint density at radius 3 is 2.79 bits per heavy atom. The zero-order valence-corrected chi connectivity index (χ0v) is 11.5. The van der Waals surface area contributed by atoms with Crippen molar-refractivity contribution >= 4 is 11.5 Å². The molecule has 0 spiro atoms. The monoisotopic (exact) mass is 257 g/mol. The molecule has 1 saturated carbocycles. The second-order valence-corrected chi connectivity index (χ2v) is 4.94. The number of rotatable bonds is 6. The number of Topliss-reactive ketones (excluding diaryl/α,β-unsaturated/α-hetero) is 1. The third kappa shape index (κ3) is 3.08. The van der Waals surface area contributed by atoms with Gasteiger partial charge in [-0.05, 0) is 37.8 Å². The Morgan fingerprint density at radius 2 is 2.26 bits per heavy atom. The van der Waals surface area contributed by atoms with E-state index >= 15 is 0 Å². The van der Waals surface area contributed by atoms with Crippen LogP contribution in [0.5, 0.6) is 5.75 Å². The lowest BCUT2D eigenvalue weighted by Crippen LogP contribution is -2.27. The van der Waals surface area contributed by atoms with Gasteiger partial charge in [-0.25, -0.2) is 0 Å². The van der Waals surface area contributed by atoms with Crippen molar-refractivity contribution in [1.82, 2.24) is 0 Å². The summed E-state index contributed by atoms with van der Waals surface area (Å²) in [7, 11) is 1.58. The molecular weight excluding hydrogens is 238 g/mol. The molecule has 0 aromatic heterocycles. The van der Waals surface area contributed by atoms with Gasteiger partial charge in [0.15, 0.2) is 5.78 Å². The molecule has 3 heteroatoms. The number of anilines is 1. The fourth-order valence-corrected chi connectivity index (χ4v) is 2.28. The average molecular weight is 257 g/mol. The number of carbonyl (C=O) groups is 1. The Balaban J connectivity index is 2.39. The largest absolute Gasteiger partial charge is 0.496 e. The van der Waals surface area contributed by atoms with Crippen LogP contribution in [0.1, 0.15) is 30.1 Å². The maximum absolute atomic E-state index is 11.9. The van der Waals surface area contributed by atoms with Crippen LogP contribution in [0.4, 0.5) is 5.69 Å². The molecule has 0 unspecified atom stereocenters. The first-order valence-corrected chi connectivity index (χ1v) is 6.53. The molecule has 3 nitrogen and oxygen atoms in total. The Hall–Kier alpha value is -1.95. The highest BCUT2D eigenvalue weighted by Crippen LogP contribution is 2.34. The number of methoxy groups -OCH3 is 1. The summed E-state index contributed by atoms with van der Waals surface area (Å²) in [4.78, 5) is 14.0. The van der Waals surface area contributed by atoms with Crippen molar-refractivity contribution in [3.05, 3.63) is 23.8 Å². The first-order chi connectivity index (χ1) is 9.17. The fraction of sp³-hybridized carbons (Fsp3) is 0.438. The molecule has 0 amide bonds. The van der Waals surface area contributed by atoms with Crippen molar-refractivity contribution in [1.29, 1.82) is 0 Å². The molecule has 19 heavy (non-hydrogen) atoms. The van der Waals surface area contributed by atoms with Crippen molar-refractivity contribution in [3.63, 3.8) is 0 Å². The summed E-state index contributed by atoms with van der Waals surface area (Å²) in [6.07, 6.45) is 7.95. The van der Waals surface area contributed by atoms with Crippen molar-refractivity contribution in [2.75, 3.05) is 25.1 Å². The summed E-state index contributed by atoms with van der Waals surface area (Å²) in [6.45, 7) is 2.99. The molecule has 1 fully saturated rings. The van der Waals surface area contributed by atoms with Crippen LogP contribution in [0.15, 0.2) is 18.2 Å². The third-order valence-corrected chi connectivity index (χ3v) is 3.37. The number of terminal acetylenes is 1. The van der Waals surface area contributed by atoms with E-state index in [2.05, 4.69) is 10.8 Å². The van der Waals surface area contributed by atoms with Gasteiger partial charge in [-0.2, -0.15) is 0 Å². The summed E-state index contributed by atoms with van der Waals surface area (Å²) in [5, 5.41) is 0. The third-order valence-electron chi connectivity index (χ3n) is 3.37. The van der Waals surface area contributed by atoms with E-state index in [1.54, 1.807) is 14.0 Å². The minimum Gasteiger partial charge on any atom is -0.496 e. The number of benzene rings is 1. The van der Waals surface area contributed by atoms with E-state index in [1.165, 1.54) is 12.8 Å². The van der Waals surface area contributed by atoms with Gasteiger partial charge < -0.3 is 9.64 Å². The minimum absolute atomic E-state index is 0.00488. The Labute approximate surface area is 114 Å². The molecule has 2 rings (SSSR count). The predicted molar refractivity (Wildman–Crippen MR) is 76.8 cm³/mol. The standard InChI is InChI=1S/C16H19NO2/c1-4-10-17(11-13-8-9-13)14-6-5-7-15(19-3)16(14)12(2)18/h1,5-7,13H,8-11H2,2-3H3. The number of ketones is 1. The number of hydrogen-bond acceptors (Lipinski definition) is 3. The van der Waals surface area contributed by atoms with Gasteiger partial charge in [0.2, 0.25) is 0 Å². The van der Waals surface area contributed by atoms with E-state index in [9.17, 15) is 4.79 Å². The van der Waals surface area contributed by atoms with Gasteiger partial charge >= 0.3 is 0 Å². The van der Waals surface area contributed by atoms with Crippen LogP contribution < -0.4 is 9.64 Å². The van der Waals surface area contributed by atoms with Crippen LogP contribution in [0, 0.1) is 18.3 Å². The van der Waals surface area contributed by atoms with E-state index in [0.29, 0.717) is 23.8 Å². The Morgan fingerprint density at radius 1 is 1.53 bits per heavy atom. The van der Waals surface area contributed by atoms with Gasteiger partial charge in [0.05, 0.1) is 24.9 Å². The van der Waals surface area contributed by atoms with Gasteiger partial charge in [-0.3, -0.25) is 4.79 Å². The molecule has 100 valence electrons. The zero-order valence-electron chi connectivity index (χ0n) is 11.5. The molecule has 0 N–H and O–H groups in total. The van der Waals surface area contributed by atoms with Crippen LogP contribution in [0.3, 0.4) is 0 Å². The number of nitrogens with zero attached hydrogens (tertiary/aromatic N) is 1. The molecular formula is C16H19NO2. The summed E-state index contributed by atoms with van der Waals surface area (Å²) in [6, 6.07) is 5.65. The van der Waals surface area contributed by atoms with E-state index in [-0.39, 0.29) is 5.78 Å². The first kappa shape index (κ1) is 13.5. The number of carbonyl (C=O) groups excluding carboxylic acids is 1. The van der Waals surface area contributed by atoms with Crippen LogP contribution in [0.25, 0.3) is 0 Å². The van der Waals surface area contributed by atoms with Crippen molar-refractivity contribution in [3.8, 4) is 18.1 Å². The van der Waals surface area contributed by atoms with Crippen molar-refractivity contribution in [2.24, 2.45) is 5.92 Å². The summed E-state index contributed by atoms with van der Waals surface area (Å²) in [5.74, 6) is 4.00. The predicted octanol–water partition coefficient (Wildman–Crippen LogP) is 2.75. The molecule has 0 atom stereocenters. The van der Waals surface area contributed by atoms with Crippen LogP contribution in [-0.4, -0.2) is 26.0 Å². The number of hydrogen-bond donors (Lipinski definition) is 0. The molecule has 1 aromatic rings. The minimum atomic E-state index is 0.00488. The van der Waals surface area contributed by atoms with Gasteiger partial charge in [-0.15, -0.1) is 6.42 Å². The highest BCUT2D eigenvalue weighted by atomic mass is 16.5. The van der Waals surface area contributed by atoms with E-state index in [0.717, 1.165) is 12.2 Å². The molecule has 0 bridgehead atoms. The summed E-state index contributed by atoms with van der Waals surface area (Å²) in [5.41, 5.74) is 1.51.